The third-order valence-electron chi connectivity index (χ3n) is 1.24. The number of hydrogen-bond donors (Lipinski definition) is 0. The molecule has 0 rings (SSSR count). The van der Waals surface area contributed by atoms with E-state index in [0.717, 1.165) is 6.92 Å². The summed E-state index contributed by atoms with van der Waals surface area (Å²) in [7, 11) is 0. The maximum atomic E-state index is 10.9. The Hall–Kier alpha value is -0.503. The third-order valence-corrected chi connectivity index (χ3v) is 1.24. The van der Waals surface area contributed by atoms with E-state index in [2.05, 4.69) is 9.47 Å². The summed E-state index contributed by atoms with van der Waals surface area (Å²) in [6, 6.07) is 0. The Kier molecular flexibility index (Phi) is 8.95. The molecule has 0 aliphatic rings. The molecule has 76 valence electrons. The van der Waals surface area contributed by atoms with Crippen LogP contribution >= 0.6 is 0 Å². The van der Waals surface area contributed by atoms with Gasteiger partial charge in [0.05, 0.1) is 6.61 Å². The second kappa shape index (κ2) is 7.86. The van der Waals surface area contributed by atoms with Gasteiger partial charge in [-0.2, -0.15) is 0 Å². The first-order valence-corrected chi connectivity index (χ1v) is 4.02. The molecule has 0 saturated carbocycles. The molecular formula is C8H13LiO5. The molecule has 0 amide bonds. The van der Waals surface area contributed by atoms with Crippen molar-refractivity contribution in [3.8, 4) is 0 Å². The summed E-state index contributed by atoms with van der Waals surface area (Å²) in [5.74, 6) is -1.59. The van der Waals surface area contributed by atoms with E-state index in [1.165, 1.54) is 6.92 Å². The van der Waals surface area contributed by atoms with E-state index in [9.17, 15) is 14.7 Å². The van der Waals surface area contributed by atoms with E-state index >= 15 is 0 Å². The molecule has 0 fully saturated rings. The molecule has 0 aromatic heterocycles. The molecule has 0 unspecified atom stereocenters. The van der Waals surface area contributed by atoms with Crippen molar-refractivity contribution in [2.24, 2.45) is 0 Å². The summed E-state index contributed by atoms with van der Waals surface area (Å²) >= 11 is 0. The van der Waals surface area contributed by atoms with E-state index in [-0.39, 0.29) is 25.5 Å². The van der Waals surface area contributed by atoms with Crippen molar-refractivity contribution in [3.05, 3.63) is 0 Å². The average molecular weight is 196 g/mol. The van der Waals surface area contributed by atoms with Gasteiger partial charge in [0.1, 0.15) is 0 Å². The molecule has 0 aliphatic heterocycles. The van der Waals surface area contributed by atoms with Gasteiger partial charge in [0.25, 0.3) is 5.97 Å². The molecule has 0 N–H and O–H groups in total. The fourth-order valence-corrected chi connectivity index (χ4v) is 0.578. The van der Waals surface area contributed by atoms with Crippen molar-refractivity contribution < 1.29 is 43.0 Å². The maximum Gasteiger partial charge on any atom is 1.00 e. The van der Waals surface area contributed by atoms with Crippen molar-refractivity contribution in [1.29, 1.82) is 0 Å². The van der Waals surface area contributed by atoms with Crippen LogP contribution in [0.1, 0.15) is 20.8 Å². The zero-order chi connectivity index (χ0) is 10.4. The minimum Gasteiger partial charge on any atom is -0.844 e. The van der Waals surface area contributed by atoms with Gasteiger partial charge in [-0.1, -0.05) is 6.92 Å². The topological polar surface area (TPSA) is 75.7 Å². The van der Waals surface area contributed by atoms with Gasteiger partial charge in [-0.15, -0.1) is 0 Å². The van der Waals surface area contributed by atoms with Gasteiger partial charge in [0, 0.05) is 0 Å². The number of esters is 2. The third kappa shape index (κ3) is 6.03. The molecule has 0 aliphatic carbocycles. The van der Waals surface area contributed by atoms with Crippen LogP contribution in [0, 0.1) is 0 Å². The fraction of sp³-hybridized carbons (Fsp3) is 0.750. The van der Waals surface area contributed by atoms with Gasteiger partial charge >= 0.3 is 24.8 Å². The Balaban J connectivity index is 0. The van der Waals surface area contributed by atoms with Gasteiger partial charge < -0.3 is 14.6 Å². The predicted molar refractivity (Wildman–Crippen MR) is 41.6 cm³/mol. The molecule has 14 heavy (non-hydrogen) atoms. The zero-order valence-corrected chi connectivity index (χ0v) is 8.90. The fourth-order valence-electron chi connectivity index (χ4n) is 0.578. The maximum absolute atomic E-state index is 10.9. The monoisotopic (exact) mass is 196 g/mol. The van der Waals surface area contributed by atoms with E-state index in [1.54, 1.807) is 6.92 Å². The van der Waals surface area contributed by atoms with Crippen LogP contribution in [0.4, 0.5) is 0 Å². The predicted octanol–water partition coefficient (Wildman–Crippen LogP) is -3.77. The van der Waals surface area contributed by atoms with Crippen molar-refractivity contribution in [1.82, 2.24) is 0 Å². The molecule has 0 saturated heterocycles. The molecule has 6 heteroatoms. The molecule has 0 radical (unpaired) electrons. The number of carbonyl (C=O) groups is 2. The van der Waals surface area contributed by atoms with Crippen LogP contribution in [0.15, 0.2) is 0 Å². The molecule has 0 heterocycles. The van der Waals surface area contributed by atoms with Gasteiger partial charge in [0.15, 0.2) is 6.10 Å². The average Bonchev–Trinajstić information content (AvgIpc) is 2.04. The summed E-state index contributed by atoms with van der Waals surface area (Å²) < 4.78 is 9.07. The minimum absolute atomic E-state index is 0. The van der Waals surface area contributed by atoms with Crippen LogP contribution in [0.3, 0.4) is 0 Å². The van der Waals surface area contributed by atoms with E-state index in [0.29, 0.717) is 0 Å². The Morgan fingerprint density at radius 2 is 1.79 bits per heavy atom. The molecular weight excluding hydrogens is 183 g/mol. The first-order valence-electron chi connectivity index (χ1n) is 4.02. The van der Waals surface area contributed by atoms with E-state index < -0.39 is 24.1 Å². The largest absolute Gasteiger partial charge is 1.00 e. The van der Waals surface area contributed by atoms with Crippen LogP contribution < -0.4 is 24.0 Å². The number of rotatable bonds is 4. The van der Waals surface area contributed by atoms with Crippen molar-refractivity contribution >= 4 is 11.9 Å². The van der Waals surface area contributed by atoms with Crippen LogP contribution in [0.5, 0.6) is 0 Å². The SMILES string of the molecule is CCOC(=O)[C@H](C)OC(=O)[C@H](C)[O-].[Li+]. The van der Waals surface area contributed by atoms with Gasteiger partial charge in [-0.3, -0.25) is 4.79 Å². The number of hydrogen-bond acceptors (Lipinski definition) is 5. The summed E-state index contributed by atoms with van der Waals surface area (Å²) in [4.78, 5) is 21.6. The quantitative estimate of drug-likeness (QED) is 0.341. The molecule has 0 bridgehead atoms. The summed E-state index contributed by atoms with van der Waals surface area (Å²) in [6.45, 7) is 4.37. The number of carbonyl (C=O) groups excluding carboxylic acids is 2. The van der Waals surface area contributed by atoms with Crippen molar-refractivity contribution in [3.63, 3.8) is 0 Å². The first-order chi connectivity index (χ1) is 5.99. The second-order valence-corrected chi connectivity index (χ2v) is 2.47. The standard InChI is InChI=1S/C8H13O5.Li/c1-4-12-8(11)6(3)13-7(10)5(2)9;/h5-6H,4H2,1-3H3;/q-1;+1/t5-,6-;/m0./s1. The van der Waals surface area contributed by atoms with Gasteiger partial charge in [0.2, 0.25) is 0 Å². The van der Waals surface area contributed by atoms with Gasteiger partial charge in [-0.25, -0.2) is 4.79 Å². The van der Waals surface area contributed by atoms with E-state index in [4.69, 9.17) is 0 Å². The Labute approximate surface area is 94.9 Å². The Bertz CT molecular complexity index is 192. The van der Waals surface area contributed by atoms with Crippen molar-refractivity contribution in [2.45, 2.75) is 33.0 Å². The first kappa shape index (κ1) is 15.9. The summed E-state index contributed by atoms with van der Waals surface area (Å²) in [5.41, 5.74) is 0. The van der Waals surface area contributed by atoms with Crippen LogP contribution in [-0.4, -0.2) is 30.8 Å². The normalized spacial score (nSPS) is 13.4. The Morgan fingerprint density at radius 3 is 2.14 bits per heavy atom. The summed E-state index contributed by atoms with van der Waals surface area (Å²) in [6.07, 6.45) is -2.49. The minimum atomic E-state index is -1.48. The number of ether oxygens (including phenoxy) is 2. The Morgan fingerprint density at radius 1 is 1.29 bits per heavy atom. The molecule has 2 atom stereocenters. The molecule has 0 aromatic carbocycles. The van der Waals surface area contributed by atoms with Gasteiger partial charge in [-0.05, 0) is 20.0 Å². The smallest absolute Gasteiger partial charge is 0.844 e. The molecule has 5 nitrogen and oxygen atoms in total. The zero-order valence-electron chi connectivity index (χ0n) is 8.90. The molecule has 0 spiro atoms. The van der Waals surface area contributed by atoms with E-state index in [1.807, 2.05) is 0 Å². The van der Waals surface area contributed by atoms with Crippen LogP contribution in [0.25, 0.3) is 0 Å². The van der Waals surface area contributed by atoms with Crippen LogP contribution in [0.2, 0.25) is 0 Å². The second-order valence-electron chi connectivity index (χ2n) is 2.47. The van der Waals surface area contributed by atoms with Crippen LogP contribution in [-0.2, 0) is 19.1 Å². The molecule has 0 aromatic rings. The van der Waals surface area contributed by atoms with Crippen molar-refractivity contribution in [2.75, 3.05) is 6.61 Å². The summed E-state index contributed by atoms with van der Waals surface area (Å²) in [5, 5.41) is 10.5.